The van der Waals surface area contributed by atoms with Gasteiger partial charge in [-0.25, -0.2) is 4.79 Å². The fraction of sp³-hybridized carbons (Fsp3) is 0.0588. The van der Waals surface area contributed by atoms with Crippen LogP contribution in [0.25, 0.3) is 11.8 Å². The minimum absolute atomic E-state index is 0.0505. The summed E-state index contributed by atoms with van der Waals surface area (Å²) in [4.78, 5) is 36.7. The third-order valence-corrected chi connectivity index (χ3v) is 4.12. The molecule has 25 heavy (non-hydrogen) atoms. The van der Waals surface area contributed by atoms with E-state index in [1.54, 1.807) is 35.0 Å². The van der Waals surface area contributed by atoms with Gasteiger partial charge in [0.15, 0.2) is 5.11 Å². The average molecular weight is 355 g/mol. The lowest BCUT2D eigenvalue weighted by atomic mass is 10.1. The van der Waals surface area contributed by atoms with Gasteiger partial charge in [0.25, 0.3) is 11.8 Å². The molecule has 0 spiro atoms. The van der Waals surface area contributed by atoms with Gasteiger partial charge in [-0.15, -0.1) is 0 Å². The molecule has 8 heteroatoms. The van der Waals surface area contributed by atoms with Crippen molar-refractivity contribution in [2.45, 2.75) is 0 Å². The third kappa shape index (κ3) is 3.07. The van der Waals surface area contributed by atoms with Gasteiger partial charge in [-0.1, -0.05) is 6.07 Å². The number of hydrogen-bond donors (Lipinski definition) is 2. The Morgan fingerprint density at radius 3 is 2.72 bits per heavy atom. The molecule has 126 valence electrons. The summed E-state index contributed by atoms with van der Waals surface area (Å²) in [5.41, 5.74) is 1.25. The smallest absolute Gasteiger partial charge is 0.335 e. The number of carboxylic acid groups (broad SMARTS) is 1. The molecule has 3 rings (SSSR count). The molecule has 2 N–H and O–H groups in total. The van der Waals surface area contributed by atoms with Crippen molar-refractivity contribution in [1.29, 1.82) is 0 Å². The summed E-state index contributed by atoms with van der Waals surface area (Å²) in [6.45, 7) is 0. The number of amides is 2. The predicted octanol–water partition coefficient (Wildman–Crippen LogP) is 1.43. The topological polar surface area (TPSA) is 91.6 Å². The molecule has 0 saturated carbocycles. The number of likely N-dealkylation sites (N-methyl/N-ethyl adjacent to an activating group) is 1. The molecule has 0 radical (unpaired) electrons. The number of aromatic nitrogens is 1. The quantitative estimate of drug-likeness (QED) is 0.494. The van der Waals surface area contributed by atoms with Crippen LogP contribution in [-0.2, 0) is 9.59 Å². The average Bonchev–Trinajstić information content (AvgIpc) is 3.05. The Kier molecular flexibility index (Phi) is 4.20. The molecule has 2 aromatic rings. The van der Waals surface area contributed by atoms with Crippen LogP contribution in [0.5, 0.6) is 0 Å². The monoisotopic (exact) mass is 355 g/mol. The van der Waals surface area contributed by atoms with Gasteiger partial charge in [0.05, 0.1) is 5.56 Å². The van der Waals surface area contributed by atoms with Crippen molar-refractivity contribution in [2.24, 2.45) is 0 Å². The number of carbonyl (C=O) groups is 3. The second-order valence-corrected chi connectivity index (χ2v) is 5.73. The number of nitrogens with one attached hydrogen (secondary N) is 1. The zero-order chi connectivity index (χ0) is 18.1. The van der Waals surface area contributed by atoms with Gasteiger partial charge in [0, 0.05) is 24.6 Å². The van der Waals surface area contributed by atoms with E-state index >= 15 is 0 Å². The van der Waals surface area contributed by atoms with E-state index < -0.39 is 17.8 Å². The van der Waals surface area contributed by atoms with Crippen LogP contribution in [0, 0.1) is 0 Å². The van der Waals surface area contributed by atoms with Crippen molar-refractivity contribution in [2.75, 3.05) is 7.05 Å². The summed E-state index contributed by atoms with van der Waals surface area (Å²) in [7, 11) is 1.48. The summed E-state index contributed by atoms with van der Waals surface area (Å²) < 4.78 is 1.69. The summed E-state index contributed by atoms with van der Waals surface area (Å²) in [5.74, 6) is -2.10. The van der Waals surface area contributed by atoms with Crippen LogP contribution < -0.4 is 5.32 Å². The second kappa shape index (κ2) is 6.33. The first-order valence-electron chi connectivity index (χ1n) is 7.24. The SMILES string of the molecule is CN1C(=O)/C(=C/c2cccn2-c2cccc(C(=O)O)c2)C(=O)NC1=S. The highest BCUT2D eigenvalue weighted by atomic mass is 32.1. The van der Waals surface area contributed by atoms with Crippen LogP contribution in [0.1, 0.15) is 16.1 Å². The molecule has 1 aliphatic rings. The Labute approximate surface area is 148 Å². The van der Waals surface area contributed by atoms with Crippen molar-refractivity contribution >= 4 is 41.2 Å². The molecule has 1 aliphatic heterocycles. The summed E-state index contributed by atoms with van der Waals surface area (Å²) in [6.07, 6.45) is 3.16. The lowest BCUT2D eigenvalue weighted by Crippen LogP contribution is -2.52. The normalized spacial score (nSPS) is 16.3. The Balaban J connectivity index is 2.04. The first kappa shape index (κ1) is 16.6. The Morgan fingerprint density at radius 2 is 2.00 bits per heavy atom. The van der Waals surface area contributed by atoms with Crippen molar-refractivity contribution in [3.63, 3.8) is 0 Å². The van der Waals surface area contributed by atoms with Crippen LogP contribution in [0.4, 0.5) is 0 Å². The molecular formula is C17H13N3O4S. The zero-order valence-corrected chi connectivity index (χ0v) is 13.9. The molecule has 2 heterocycles. The number of rotatable bonds is 3. The van der Waals surface area contributed by atoms with E-state index in [9.17, 15) is 14.4 Å². The Hall–Kier alpha value is -3.26. The standard InChI is InChI=1S/C17H13N3O4S/c1-19-15(22)13(14(21)18-17(19)25)9-12-6-3-7-20(12)11-5-2-4-10(8-11)16(23)24/h2-9H,1H3,(H,23,24)(H,18,21,25)/b13-9+. The maximum Gasteiger partial charge on any atom is 0.335 e. The van der Waals surface area contributed by atoms with Gasteiger partial charge in [-0.2, -0.15) is 0 Å². The molecule has 0 bridgehead atoms. The van der Waals surface area contributed by atoms with E-state index in [1.807, 2.05) is 0 Å². The predicted molar refractivity (Wildman–Crippen MR) is 94.2 cm³/mol. The van der Waals surface area contributed by atoms with Gasteiger partial charge in [0.2, 0.25) is 0 Å². The molecule has 2 amide bonds. The van der Waals surface area contributed by atoms with Gasteiger partial charge in [-0.3, -0.25) is 19.8 Å². The maximum absolute atomic E-state index is 12.3. The molecule has 1 aromatic carbocycles. The van der Waals surface area contributed by atoms with Crippen LogP contribution >= 0.6 is 12.2 Å². The highest BCUT2D eigenvalue weighted by Gasteiger charge is 2.31. The van der Waals surface area contributed by atoms with E-state index in [1.165, 1.54) is 30.2 Å². The number of nitrogens with zero attached hydrogens (tertiary/aromatic N) is 2. The zero-order valence-electron chi connectivity index (χ0n) is 13.1. The lowest BCUT2D eigenvalue weighted by Gasteiger charge is -2.25. The van der Waals surface area contributed by atoms with Gasteiger partial charge in [-0.05, 0) is 48.6 Å². The maximum atomic E-state index is 12.3. The number of thiocarbonyl (C=S) groups is 1. The fourth-order valence-corrected chi connectivity index (χ4v) is 2.60. The number of carbonyl (C=O) groups excluding carboxylic acids is 2. The summed E-state index contributed by atoms with van der Waals surface area (Å²) in [6, 6.07) is 9.81. The highest BCUT2D eigenvalue weighted by Crippen LogP contribution is 2.19. The van der Waals surface area contributed by atoms with Crippen LogP contribution in [0.3, 0.4) is 0 Å². The fourth-order valence-electron chi connectivity index (χ4n) is 2.43. The molecule has 0 atom stereocenters. The van der Waals surface area contributed by atoms with E-state index in [0.29, 0.717) is 11.4 Å². The van der Waals surface area contributed by atoms with Crippen LogP contribution in [0.2, 0.25) is 0 Å². The number of benzene rings is 1. The van der Waals surface area contributed by atoms with E-state index in [0.717, 1.165) is 0 Å². The largest absolute Gasteiger partial charge is 0.478 e. The third-order valence-electron chi connectivity index (χ3n) is 3.75. The second-order valence-electron chi connectivity index (χ2n) is 5.34. The molecule has 1 fully saturated rings. The number of hydrogen-bond acceptors (Lipinski definition) is 4. The van der Waals surface area contributed by atoms with E-state index in [4.69, 9.17) is 17.3 Å². The molecule has 0 unspecified atom stereocenters. The van der Waals surface area contributed by atoms with Crippen molar-refractivity contribution < 1.29 is 19.5 Å². The van der Waals surface area contributed by atoms with Gasteiger partial charge >= 0.3 is 5.97 Å². The minimum atomic E-state index is -1.04. The van der Waals surface area contributed by atoms with Crippen LogP contribution in [0.15, 0.2) is 48.2 Å². The van der Waals surface area contributed by atoms with Crippen LogP contribution in [-0.4, -0.2) is 44.5 Å². The molecule has 1 aromatic heterocycles. The van der Waals surface area contributed by atoms with E-state index in [2.05, 4.69) is 5.32 Å². The number of carboxylic acids is 1. The minimum Gasteiger partial charge on any atom is -0.478 e. The first-order valence-corrected chi connectivity index (χ1v) is 7.65. The molecular weight excluding hydrogens is 342 g/mol. The molecule has 7 nitrogen and oxygen atoms in total. The molecule has 1 saturated heterocycles. The summed E-state index contributed by atoms with van der Waals surface area (Å²) >= 11 is 4.91. The Morgan fingerprint density at radius 1 is 1.24 bits per heavy atom. The van der Waals surface area contributed by atoms with E-state index in [-0.39, 0.29) is 16.2 Å². The summed E-state index contributed by atoms with van der Waals surface area (Å²) in [5, 5.41) is 11.6. The van der Waals surface area contributed by atoms with Crippen molar-refractivity contribution in [1.82, 2.24) is 14.8 Å². The van der Waals surface area contributed by atoms with Gasteiger partial charge in [0.1, 0.15) is 5.57 Å². The lowest BCUT2D eigenvalue weighted by molar-refractivity contribution is -0.128. The molecule has 0 aliphatic carbocycles. The first-order chi connectivity index (χ1) is 11.9. The van der Waals surface area contributed by atoms with Gasteiger partial charge < -0.3 is 9.67 Å². The number of aromatic carboxylic acids is 1. The highest BCUT2D eigenvalue weighted by molar-refractivity contribution is 7.80. The van der Waals surface area contributed by atoms with Crippen molar-refractivity contribution in [3.05, 3.63) is 59.4 Å². The van der Waals surface area contributed by atoms with Crippen molar-refractivity contribution in [3.8, 4) is 5.69 Å². The Bertz CT molecular complexity index is 945.